The van der Waals surface area contributed by atoms with Gasteiger partial charge in [0.05, 0.1) is 18.8 Å². The maximum absolute atomic E-state index is 12.2. The molecule has 2 aromatic heterocycles. The van der Waals surface area contributed by atoms with Crippen LogP contribution in [0.3, 0.4) is 0 Å². The van der Waals surface area contributed by atoms with Gasteiger partial charge >= 0.3 is 5.97 Å². The summed E-state index contributed by atoms with van der Waals surface area (Å²) in [5.74, 6) is -0.491. The molecule has 1 aromatic carbocycles. The van der Waals surface area contributed by atoms with Crippen LogP contribution >= 0.6 is 0 Å². The van der Waals surface area contributed by atoms with E-state index in [-0.39, 0.29) is 30.0 Å². The van der Waals surface area contributed by atoms with Crippen molar-refractivity contribution in [3.63, 3.8) is 0 Å². The predicted molar refractivity (Wildman–Crippen MR) is 95.6 cm³/mol. The zero-order chi connectivity index (χ0) is 18.8. The second-order valence-corrected chi connectivity index (χ2v) is 6.36. The molecule has 3 N–H and O–H groups in total. The van der Waals surface area contributed by atoms with E-state index in [2.05, 4.69) is 15.0 Å². The Morgan fingerprint density at radius 1 is 1.33 bits per heavy atom. The summed E-state index contributed by atoms with van der Waals surface area (Å²) in [5, 5.41) is 0. The monoisotopic (exact) mass is 369 g/mol. The van der Waals surface area contributed by atoms with Gasteiger partial charge in [0.2, 0.25) is 0 Å². The first-order chi connectivity index (χ1) is 13.1. The molecule has 27 heavy (non-hydrogen) atoms. The van der Waals surface area contributed by atoms with Gasteiger partial charge in [-0.1, -0.05) is 30.3 Å². The highest BCUT2D eigenvalue weighted by atomic mass is 16.6. The Labute approximate surface area is 154 Å². The van der Waals surface area contributed by atoms with Gasteiger partial charge in [-0.2, -0.15) is 0 Å². The number of H-pyrrole nitrogens is 1. The largest absolute Gasteiger partial charge is 0.462 e. The molecule has 0 radical (unpaired) electrons. The lowest BCUT2D eigenvalue weighted by Crippen LogP contribution is -2.27. The van der Waals surface area contributed by atoms with Crippen LogP contribution in [0.1, 0.15) is 30.7 Å². The summed E-state index contributed by atoms with van der Waals surface area (Å²) in [6.45, 7) is 0.122. The molecule has 0 amide bonds. The zero-order valence-electron chi connectivity index (χ0n) is 14.4. The van der Waals surface area contributed by atoms with Crippen molar-refractivity contribution in [3.8, 4) is 0 Å². The Morgan fingerprint density at radius 3 is 2.96 bits per heavy atom. The van der Waals surface area contributed by atoms with Crippen molar-refractivity contribution in [3.05, 3.63) is 58.9 Å². The summed E-state index contributed by atoms with van der Waals surface area (Å²) in [5.41, 5.74) is 7.08. The van der Waals surface area contributed by atoms with E-state index in [0.29, 0.717) is 24.1 Å². The van der Waals surface area contributed by atoms with Crippen molar-refractivity contribution in [2.45, 2.75) is 31.2 Å². The molecule has 3 atom stereocenters. The van der Waals surface area contributed by atoms with Gasteiger partial charge in [0.15, 0.2) is 11.2 Å². The van der Waals surface area contributed by atoms with Gasteiger partial charge in [-0.15, -0.1) is 0 Å². The van der Waals surface area contributed by atoms with Gasteiger partial charge in [0.25, 0.3) is 5.56 Å². The molecule has 1 aliphatic rings. The van der Waals surface area contributed by atoms with E-state index in [0.717, 1.165) is 0 Å². The van der Waals surface area contributed by atoms with Gasteiger partial charge < -0.3 is 20.2 Å². The average molecular weight is 369 g/mol. The van der Waals surface area contributed by atoms with E-state index in [1.54, 1.807) is 16.7 Å². The van der Waals surface area contributed by atoms with Crippen molar-refractivity contribution in [1.29, 1.82) is 0 Å². The van der Waals surface area contributed by atoms with Gasteiger partial charge in [-0.25, -0.2) is 14.8 Å². The minimum atomic E-state index is -0.822. The molecule has 4 rings (SSSR count). The topological polar surface area (TPSA) is 125 Å². The highest BCUT2D eigenvalue weighted by Gasteiger charge is 2.30. The van der Waals surface area contributed by atoms with Crippen LogP contribution in [0.15, 0.2) is 47.8 Å². The first-order valence-electron chi connectivity index (χ1n) is 8.66. The molecule has 3 heterocycles. The standard InChI is InChI=1S/C18H19N5O4/c19-14(11-4-2-1-3-5-11)18(25)26-8-12-6-7-13(27-12)23-10-22-15-16(23)20-9-21-17(15)24/h1-5,9-10,12-14H,6-8,19H2,(H,20,21,24)/t12-,13+,14-/m0/s1. The average Bonchev–Trinajstić information content (AvgIpc) is 3.33. The molecule has 0 unspecified atom stereocenters. The number of hydrogen-bond donors (Lipinski definition) is 2. The van der Waals surface area contributed by atoms with Crippen molar-refractivity contribution >= 4 is 17.1 Å². The molecule has 140 valence electrons. The normalized spacial score (nSPS) is 20.6. The number of nitrogens with zero attached hydrogens (tertiary/aromatic N) is 3. The fourth-order valence-corrected chi connectivity index (χ4v) is 3.15. The van der Waals surface area contributed by atoms with Crippen LogP contribution < -0.4 is 11.3 Å². The number of nitrogens with two attached hydrogens (primary N) is 1. The number of rotatable bonds is 5. The molecule has 1 fully saturated rings. The summed E-state index contributed by atoms with van der Waals surface area (Å²) in [7, 11) is 0. The number of benzene rings is 1. The van der Waals surface area contributed by atoms with Gasteiger partial charge in [0, 0.05) is 0 Å². The zero-order valence-corrected chi connectivity index (χ0v) is 14.4. The van der Waals surface area contributed by atoms with Crippen LogP contribution in [0.2, 0.25) is 0 Å². The van der Waals surface area contributed by atoms with Gasteiger partial charge in [-0.3, -0.25) is 9.36 Å². The van der Waals surface area contributed by atoms with Crippen LogP contribution in [0.4, 0.5) is 0 Å². The SMILES string of the molecule is N[C@H](C(=O)OC[C@@H]1CC[C@H](n2cnc3c(=O)[nH]cnc32)O1)c1ccccc1. The van der Waals surface area contributed by atoms with Crippen LogP contribution in [-0.2, 0) is 14.3 Å². The third-order valence-corrected chi connectivity index (χ3v) is 4.58. The van der Waals surface area contributed by atoms with E-state index in [9.17, 15) is 9.59 Å². The van der Waals surface area contributed by atoms with Crippen molar-refractivity contribution in [2.75, 3.05) is 6.61 Å². The minimum absolute atomic E-state index is 0.122. The van der Waals surface area contributed by atoms with Crippen LogP contribution in [0, 0.1) is 0 Å². The number of ether oxygens (including phenoxy) is 2. The number of carbonyl (C=O) groups excluding carboxylic acids is 1. The molecule has 0 spiro atoms. The smallest absolute Gasteiger partial charge is 0.327 e. The Hall–Kier alpha value is -3.04. The molecule has 1 saturated heterocycles. The molecule has 0 aliphatic carbocycles. The molecular formula is C18H19N5O4. The molecule has 9 heteroatoms. The minimum Gasteiger partial charge on any atom is -0.462 e. The number of nitrogens with one attached hydrogen (secondary N) is 1. The third kappa shape index (κ3) is 3.46. The van der Waals surface area contributed by atoms with Crippen LogP contribution in [-0.4, -0.2) is 38.2 Å². The quantitative estimate of drug-likeness (QED) is 0.644. The first-order valence-corrected chi connectivity index (χ1v) is 8.66. The molecule has 1 aliphatic heterocycles. The number of aromatic amines is 1. The van der Waals surface area contributed by atoms with Gasteiger partial charge in [-0.05, 0) is 18.4 Å². The van der Waals surface area contributed by atoms with Crippen molar-refractivity contribution < 1.29 is 14.3 Å². The van der Waals surface area contributed by atoms with E-state index >= 15 is 0 Å². The Morgan fingerprint density at radius 2 is 2.15 bits per heavy atom. The second-order valence-electron chi connectivity index (χ2n) is 6.36. The Balaban J connectivity index is 1.36. The summed E-state index contributed by atoms with van der Waals surface area (Å²) < 4.78 is 13.0. The lowest BCUT2D eigenvalue weighted by atomic mass is 10.1. The summed E-state index contributed by atoms with van der Waals surface area (Å²) in [4.78, 5) is 34.7. The maximum atomic E-state index is 12.2. The van der Waals surface area contributed by atoms with Crippen LogP contribution in [0.25, 0.3) is 11.2 Å². The second kappa shape index (κ2) is 7.29. The number of fused-ring (bicyclic) bond motifs is 1. The highest BCUT2D eigenvalue weighted by Crippen LogP contribution is 2.30. The van der Waals surface area contributed by atoms with Gasteiger partial charge in [0.1, 0.15) is 18.9 Å². The number of hydrogen-bond acceptors (Lipinski definition) is 7. The van der Waals surface area contributed by atoms with E-state index in [4.69, 9.17) is 15.2 Å². The number of carbonyl (C=O) groups is 1. The first kappa shape index (κ1) is 17.4. The molecular weight excluding hydrogens is 350 g/mol. The summed E-state index contributed by atoms with van der Waals surface area (Å²) >= 11 is 0. The molecule has 0 bridgehead atoms. The lowest BCUT2D eigenvalue weighted by molar-refractivity contribution is -0.150. The summed E-state index contributed by atoms with van der Waals surface area (Å²) in [6, 6.07) is 8.25. The molecule has 9 nitrogen and oxygen atoms in total. The molecule has 0 saturated carbocycles. The van der Waals surface area contributed by atoms with Crippen LogP contribution in [0.5, 0.6) is 0 Å². The van der Waals surface area contributed by atoms with E-state index in [1.165, 1.54) is 12.7 Å². The lowest BCUT2D eigenvalue weighted by Gasteiger charge is -2.17. The maximum Gasteiger partial charge on any atom is 0.327 e. The highest BCUT2D eigenvalue weighted by molar-refractivity contribution is 5.77. The number of imidazole rings is 1. The van der Waals surface area contributed by atoms with Crippen molar-refractivity contribution in [2.24, 2.45) is 5.73 Å². The fraction of sp³-hybridized carbons (Fsp3) is 0.333. The predicted octanol–water partition coefficient (Wildman–Crippen LogP) is 1.04. The molecule has 3 aromatic rings. The van der Waals surface area contributed by atoms with E-state index < -0.39 is 12.0 Å². The summed E-state index contributed by atoms with van der Waals surface area (Å²) in [6.07, 6.45) is 3.73. The third-order valence-electron chi connectivity index (χ3n) is 4.58. The van der Waals surface area contributed by atoms with Crippen molar-refractivity contribution in [1.82, 2.24) is 19.5 Å². The Kier molecular flexibility index (Phi) is 4.69. The number of esters is 1. The number of aromatic nitrogens is 4. The Bertz CT molecular complexity index is 1000. The fourth-order valence-electron chi connectivity index (χ4n) is 3.15. The van der Waals surface area contributed by atoms with E-state index in [1.807, 2.05) is 18.2 Å².